The smallest absolute Gasteiger partial charge is 0.125 e. The standard InChI is InChI=1S/C12H5Cl5FN/c13-6-3-7(14)11(17)9(10(6)16)5-1-4(18)2-8(15)12(5)19/h1-3H,19H2. The Morgan fingerprint density at radius 1 is 0.789 bits per heavy atom. The summed E-state index contributed by atoms with van der Waals surface area (Å²) in [5.74, 6) is -0.572. The summed E-state index contributed by atoms with van der Waals surface area (Å²) in [6.07, 6.45) is 0. The van der Waals surface area contributed by atoms with Gasteiger partial charge in [-0.2, -0.15) is 0 Å². The first-order valence-electron chi connectivity index (χ1n) is 4.90. The Hall–Kier alpha value is -0.380. The monoisotopic (exact) mass is 357 g/mol. The summed E-state index contributed by atoms with van der Waals surface area (Å²) in [5.41, 5.74) is 6.45. The van der Waals surface area contributed by atoms with E-state index < -0.39 is 5.82 Å². The van der Waals surface area contributed by atoms with Gasteiger partial charge in [-0.15, -0.1) is 0 Å². The molecule has 2 N–H and O–H groups in total. The zero-order valence-electron chi connectivity index (χ0n) is 9.08. The van der Waals surface area contributed by atoms with E-state index in [9.17, 15) is 4.39 Å². The van der Waals surface area contributed by atoms with Crippen LogP contribution in [0.3, 0.4) is 0 Å². The van der Waals surface area contributed by atoms with Gasteiger partial charge in [-0.25, -0.2) is 4.39 Å². The summed E-state index contributed by atoms with van der Waals surface area (Å²) in [6.45, 7) is 0. The third-order valence-corrected chi connectivity index (χ3v) is 4.36. The molecule has 1 nitrogen and oxygen atoms in total. The zero-order chi connectivity index (χ0) is 14.3. The van der Waals surface area contributed by atoms with Gasteiger partial charge in [-0.3, -0.25) is 0 Å². The second-order valence-corrected chi connectivity index (χ2v) is 5.67. The van der Waals surface area contributed by atoms with Gasteiger partial charge in [0.05, 0.1) is 30.8 Å². The Morgan fingerprint density at radius 3 is 1.84 bits per heavy atom. The molecule has 0 atom stereocenters. The average Bonchev–Trinajstić information content (AvgIpc) is 2.33. The summed E-state index contributed by atoms with van der Waals surface area (Å²) >= 11 is 29.9. The highest BCUT2D eigenvalue weighted by atomic mass is 35.5. The lowest BCUT2D eigenvalue weighted by atomic mass is 10.0. The van der Waals surface area contributed by atoms with Crippen molar-refractivity contribution in [2.24, 2.45) is 0 Å². The number of halogens is 6. The largest absolute Gasteiger partial charge is 0.397 e. The quantitative estimate of drug-likeness (QED) is 0.466. The summed E-state index contributed by atoms with van der Waals surface area (Å²) in [5, 5.41) is 0.684. The Labute approximate surface area is 134 Å². The molecule has 0 aliphatic rings. The highest BCUT2D eigenvalue weighted by molar-refractivity contribution is 6.50. The minimum absolute atomic E-state index is 0.0539. The van der Waals surface area contributed by atoms with Crippen LogP contribution < -0.4 is 5.73 Å². The van der Waals surface area contributed by atoms with Crippen LogP contribution in [0.4, 0.5) is 10.1 Å². The minimum Gasteiger partial charge on any atom is -0.397 e. The molecule has 2 aromatic rings. The molecular weight excluding hydrogens is 354 g/mol. The van der Waals surface area contributed by atoms with Gasteiger partial charge in [0.15, 0.2) is 0 Å². The fourth-order valence-corrected chi connectivity index (χ4v) is 2.82. The molecule has 0 amide bonds. The lowest BCUT2D eigenvalue weighted by Gasteiger charge is -2.13. The van der Waals surface area contributed by atoms with Gasteiger partial charge >= 0.3 is 0 Å². The number of rotatable bonds is 1. The second-order valence-electron chi connectivity index (χ2n) is 3.69. The number of hydrogen-bond donors (Lipinski definition) is 1. The van der Waals surface area contributed by atoms with Crippen molar-refractivity contribution in [1.82, 2.24) is 0 Å². The zero-order valence-corrected chi connectivity index (χ0v) is 12.9. The second kappa shape index (κ2) is 5.55. The van der Waals surface area contributed by atoms with Crippen LogP contribution >= 0.6 is 58.0 Å². The number of nitrogens with two attached hydrogens (primary N) is 1. The van der Waals surface area contributed by atoms with E-state index in [1.807, 2.05) is 0 Å². The number of benzene rings is 2. The predicted molar refractivity (Wildman–Crippen MR) is 81.3 cm³/mol. The van der Waals surface area contributed by atoms with E-state index in [0.717, 1.165) is 6.07 Å². The van der Waals surface area contributed by atoms with Gasteiger partial charge in [0.25, 0.3) is 0 Å². The van der Waals surface area contributed by atoms with E-state index in [0.29, 0.717) is 0 Å². The van der Waals surface area contributed by atoms with E-state index in [4.69, 9.17) is 63.7 Å². The first kappa shape index (κ1) is 15.0. The summed E-state index contributed by atoms with van der Waals surface area (Å²) < 4.78 is 13.5. The highest BCUT2D eigenvalue weighted by Gasteiger charge is 2.19. The van der Waals surface area contributed by atoms with Crippen LogP contribution in [-0.2, 0) is 0 Å². The minimum atomic E-state index is -0.572. The first-order valence-corrected chi connectivity index (χ1v) is 6.79. The van der Waals surface area contributed by atoms with Gasteiger partial charge in [0.1, 0.15) is 5.82 Å². The van der Waals surface area contributed by atoms with Crippen molar-refractivity contribution in [2.75, 3.05) is 5.73 Å². The Kier molecular flexibility index (Phi) is 4.38. The average molecular weight is 359 g/mol. The van der Waals surface area contributed by atoms with Crippen LogP contribution in [0.25, 0.3) is 11.1 Å². The van der Waals surface area contributed by atoms with Crippen LogP contribution in [0.1, 0.15) is 0 Å². The first-order chi connectivity index (χ1) is 8.82. The van der Waals surface area contributed by atoms with Crippen molar-refractivity contribution in [3.05, 3.63) is 49.1 Å². The molecule has 0 saturated carbocycles. The molecule has 2 aromatic carbocycles. The Bertz CT molecular complexity index is 646. The molecule has 0 spiro atoms. The third kappa shape index (κ3) is 2.74. The van der Waals surface area contributed by atoms with Crippen LogP contribution in [0.15, 0.2) is 18.2 Å². The molecule has 0 aromatic heterocycles. The molecule has 0 radical (unpaired) electrons. The molecule has 0 fully saturated rings. The van der Waals surface area contributed by atoms with Gasteiger partial charge in [0.2, 0.25) is 0 Å². The lowest BCUT2D eigenvalue weighted by Crippen LogP contribution is -1.95. The maximum absolute atomic E-state index is 13.5. The van der Waals surface area contributed by atoms with Crippen LogP contribution in [0.5, 0.6) is 0 Å². The summed E-state index contributed by atoms with van der Waals surface area (Å²) in [4.78, 5) is 0. The van der Waals surface area contributed by atoms with E-state index in [2.05, 4.69) is 0 Å². The van der Waals surface area contributed by atoms with Crippen molar-refractivity contribution >= 4 is 63.7 Å². The summed E-state index contributed by atoms with van der Waals surface area (Å²) in [6, 6.07) is 3.66. The Morgan fingerprint density at radius 2 is 1.32 bits per heavy atom. The molecule has 0 aliphatic carbocycles. The number of anilines is 1. The van der Waals surface area contributed by atoms with Crippen molar-refractivity contribution < 1.29 is 4.39 Å². The molecule has 0 unspecified atom stereocenters. The lowest BCUT2D eigenvalue weighted by molar-refractivity contribution is 0.628. The predicted octanol–water partition coefficient (Wildman–Crippen LogP) is 6.34. The molecule has 0 heterocycles. The van der Waals surface area contributed by atoms with Gasteiger partial charge in [0, 0.05) is 11.1 Å². The maximum atomic E-state index is 13.5. The Balaban J connectivity index is 2.87. The van der Waals surface area contributed by atoms with Crippen LogP contribution in [0, 0.1) is 5.82 Å². The van der Waals surface area contributed by atoms with Gasteiger partial charge < -0.3 is 5.73 Å². The normalized spacial score (nSPS) is 10.8. The third-order valence-electron chi connectivity index (χ3n) is 2.48. The maximum Gasteiger partial charge on any atom is 0.125 e. The van der Waals surface area contributed by atoms with Gasteiger partial charge in [-0.05, 0) is 18.2 Å². The van der Waals surface area contributed by atoms with Crippen LogP contribution in [0.2, 0.25) is 25.1 Å². The van der Waals surface area contributed by atoms with E-state index in [-0.39, 0.29) is 41.9 Å². The van der Waals surface area contributed by atoms with Crippen LogP contribution in [-0.4, -0.2) is 0 Å². The van der Waals surface area contributed by atoms with E-state index >= 15 is 0 Å². The number of nitrogen functional groups attached to an aromatic ring is 1. The highest BCUT2D eigenvalue weighted by Crippen LogP contribution is 2.46. The topological polar surface area (TPSA) is 26.0 Å². The van der Waals surface area contributed by atoms with Crippen molar-refractivity contribution in [3.8, 4) is 11.1 Å². The van der Waals surface area contributed by atoms with Crippen molar-refractivity contribution in [2.45, 2.75) is 0 Å². The molecule has 100 valence electrons. The molecular formula is C12H5Cl5FN. The fourth-order valence-electron chi connectivity index (χ4n) is 1.60. The molecule has 19 heavy (non-hydrogen) atoms. The molecule has 2 rings (SSSR count). The van der Waals surface area contributed by atoms with Crippen molar-refractivity contribution in [3.63, 3.8) is 0 Å². The van der Waals surface area contributed by atoms with Gasteiger partial charge in [-0.1, -0.05) is 58.0 Å². The SMILES string of the molecule is Nc1c(Cl)cc(F)cc1-c1c(Cl)c(Cl)cc(Cl)c1Cl. The van der Waals surface area contributed by atoms with E-state index in [1.54, 1.807) is 0 Å². The molecule has 7 heteroatoms. The number of hydrogen-bond acceptors (Lipinski definition) is 1. The molecule has 0 bridgehead atoms. The van der Waals surface area contributed by atoms with Crippen molar-refractivity contribution in [1.29, 1.82) is 0 Å². The molecule has 0 aliphatic heterocycles. The van der Waals surface area contributed by atoms with E-state index in [1.165, 1.54) is 12.1 Å². The summed E-state index contributed by atoms with van der Waals surface area (Å²) in [7, 11) is 0. The fraction of sp³-hybridized carbons (Fsp3) is 0. The molecule has 0 saturated heterocycles.